The Balaban J connectivity index is 1.56. The fraction of sp³-hybridized carbons (Fsp3) is 0.455. The van der Waals surface area contributed by atoms with Crippen molar-refractivity contribution in [2.45, 2.75) is 69.8 Å². The van der Waals surface area contributed by atoms with Crippen molar-refractivity contribution in [1.82, 2.24) is 4.98 Å². The summed E-state index contributed by atoms with van der Waals surface area (Å²) < 4.78 is 16.7. The highest BCUT2D eigenvalue weighted by atomic mass is 32.3. The molecule has 0 fully saturated rings. The molecule has 2 aliphatic carbocycles. The summed E-state index contributed by atoms with van der Waals surface area (Å²) in [4.78, 5) is 17.1. The SMILES string of the molecule is Cc1nc(C(C)(C)O)ccc1[SH](N)(=O)/N=N/C(=O)Nc1c2c(cc3c1CCC3)CCC2. The molecule has 1 aromatic carbocycles. The first-order valence-corrected chi connectivity index (χ1v) is 12.3. The minimum Gasteiger partial charge on any atom is -0.384 e. The van der Waals surface area contributed by atoms with Crippen LogP contribution < -0.4 is 10.5 Å². The zero-order chi connectivity index (χ0) is 22.4. The van der Waals surface area contributed by atoms with E-state index < -0.39 is 21.9 Å². The van der Waals surface area contributed by atoms with Crippen LogP contribution in [0.5, 0.6) is 0 Å². The summed E-state index contributed by atoms with van der Waals surface area (Å²) >= 11 is 0. The van der Waals surface area contributed by atoms with E-state index in [1.807, 2.05) is 0 Å². The summed E-state index contributed by atoms with van der Waals surface area (Å²) in [5.74, 6) is 0. The number of nitrogens with zero attached hydrogens (tertiary/aromatic N) is 3. The number of aromatic nitrogens is 1. The number of amides is 2. The molecule has 0 unspecified atom stereocenters. The molecule has 31 heavy (non-hydrogen) atoms. The number of carbonyl (C=O) groups is 1. The molecule has 166 valence electrons. The van der Waals surface area contributed by atoms with Gasteiger partial charge in [-0.2, -0.15) is 0 Å². The van der Waals surface area contributed by atoms with Gasteiger partial charge in [0.2, 0.25) is 0 Å². The summed E-state index contributed by atoms with van der Waals surface area (Å²) in [5, 5.41) is 22.6. The highest BCUT2D eigenvalue weighted by molar-refractivity contribution is 7.99. The van der Waals surface area contributed by atoms with E-state index in [0.717, 1.165) is 44.2 Å². The normalized spacial score (nSPS) is 16.4. The second-order valence-corrected chi connectivity index (χ2v) is 10.7. The molecule has 0 spiro atoms. The van der Waals surface area contributed by atoms with Crippen molar-refractivity contribution in [3.05, 3.63) is 51.8 Å². The zero-order valence-corrected chi connectivity index (χ0v) is 19.0. The van der Waals surface area contributed by atoms with Gasteiger partial charge < -0.3 is 10.4 Å². The first kappa shape index (κ1) is 21.7. The van der Waals surface area contributed by atoms with E-state index in [0.29, 0.717) is 11.4 Å². The molecule has 0 radical (unpaired) electrons. The van der Waals surface area contributed by atoms with Gasteiger partial charge in [0.05, 0.1) is 26.6 Å². The maximum Gasteiger partial charge on any atom is 0.364 e. The highest BCUT2D eigenvalue weighted by Gasteiger charge is 2.25. The molecule has 9 heteroatoms. The number of rotatable bonds is 4. The first-order chi connectivity index (χ1) is 14.6. The van der Waals surface area contributed by atoms with Gasteiger partial charge in [0.15, 0.2) is 0 Å². The molecule has 1 aromatic heterocycles. The molecule has 2 amide bonds. The Morgan fingerprint density at radius 2 is 1.77 bits per heavy atom. The Hall–Kier alpha value is -2.49. The van der Waals surface area contributed by atoms with Crippen LogP contribution in [0.2, 0.25) is 0 Å². The van der Waals surface area contributed by atoms with E-state index in [-0.39, 0.29) is 4.90 Å². The Labute approximate surface area is 183 Å². The third-order valence-electron chi connectivity index (χ3n) is 6.00. The van der Waals surface area contributed by atoms with Gasteiger partial charge in [-0.05, 0) is 93.7 Å². The first-order valence-electron chi connectivity index (χ1n) is 10.6. The number of benzene rings is 1. The number of fused-ring (bicyclic) bond motifs is 2. The Morgan fingerprint density at radius 1 is 1.16 bits per heavy atom. The number of aliphatic hydroxyl groups is 1. The predicted molar refractivity (Wildman–Crippen MR) is 121 cm³/mol. The van der Waals surface area contributed by atoms with Crippen LogP contribution >= 0.6 is 0 Å². The molecule has 0 atom stereocenters. The van der Waals surface area contributed by atoms with Crippen molar-refractivity contribution in [1.29, 1.82) is 0 Å². The smallest absolute Gasteiger partial charge is 0.364 e. The number of aryl methyl sites for hydroxylation is 3. The Bertz CT molecular complexity index is 1100. The summed E-state index contributed by atoms with van der Waals surface area (Å²) in [7, 11) is -3.79. The third kappa shape index (κ3) is 4.30. The Morgan fingerprint density at radius 3 is 2.32 bits per heavy atom. The van der Waals surface area contributed by atoms with Crippen LogP contribution in [0.3, 0.4) is 0 Å². The van der Waals surface area contributed by atoms with Gasteiger partial charge in [-0.25, -0.2) is 9.00 Å². The highest BCUT2D eigenvalue weighted by Crippen LogP contribution is 2.38. The number of hydrogen-bond acceptors (Lipinski definition) is 4. The maximum absolute atomic E-state index is 13.0. The van der Waals surface area contributed by atoms with Crippen molar-refractivity contribution in [3.8, 4) is 0 Å². The molecule has 4 rings (SSSR count). The number of urea groups is 1. The third-order valence-corrected chi connectivity index (χ3v) is 7.52. The average Bonchev–Trinajstić information content (AvgIpc) is 3.34. The molecular formula is C22H29N5O3S. The molecule has 0 saturated carbocycles. The van der Waals surface area contributed by atoms with Gasteiger partial charge in [-0.15, -0.1) is 0 Å². The quantitative estimate of drug-likeness (QED) is 0.426. The van der Waals surface area contributed by atoms with Gasteiger partial charge in [0.25, 0.3) is 0 Å². The van der Waals surface area contributed by atoms with Crippen LogP contribution in [0.1, 0.15) is 60.3 Å². The topological polar surface area (TPSA) is 130 Å². The van der Waals surface area contributed by atoms with Crippen molar-refractivity contribution >= 4 is 22.0 Å². The van der Waals surface area contributed by atoms with E-state index in [9.17, 15) is 14.1 Å². The van der Waals surface area contributed by atoms with Crippen LogP contribution in [0.4, 0.5) is 10.5 Å². The molecule has 0 saturated heterocycles. The molecule has 0 bridgehead atoms. The molecule has 0 aliphatic heterocycles. The van der Waals surface area contributed by atoms with Crippen molar-refractivity contribution in [2.75, 3.05) is 5.32 Å². The van der Waals surface area contributed by atoms with E-state index >= 15 is 0 Å². The van der Waals surface area contributed by atoms with Crippen LogP contribution in [0.25, 0.3) is 0 Å². The summed E-state index contributed by atoms with van der Waals surface area (Å²) in [6.45, 7) is 4.85. The summed E-state index contributed by atoms with van der Waals surface area (Å²) in [6, 6.07) is 4.67. The maximum atomic E-state index is 13.0. The van der Waals surface area contributed by atoms with Gasteiger partial charge in [-0.3, -0.25) is 10.1 Å². The molecule has 2 aromatic rings. The van der Waals surface area contributed by atoms with Crippen LogP contribution in [-0.2, 0) is 41.6 Å². The fourth-order valence-electron chi connectivity index (χ4n) is 4.49. The summed E-state index contributed by atoms with van der Waals surface area (Å²) in [6.07, 6.45) is 6.07. The number of pyridine rings is 1. The minimum atomic E-state index is -3.79. The number of nitrogens with two attached hydrogens (primary N) is 1. The van der Waals surface area contributed by atoms with E-state index in [1.54, 1.807) is 26.8 Å². The average molecular weight is 444 g/mol. The lowest BCUT2D eigenvalue weighted by atomic mass is 9.99. The lowest BCUT2D eigenvalue weighted by molar-refractivity contribution is 0.0735. The Kier molecular flexibility index (Phi) is 5.53. The monoisotopic (exact) mass is 443 g/mol. The zero-order valence-electron chi connectivity index (χ0n) is 18.1. The van der Waals surface area contributed by atoms with Gasteiger partial charge >= 0.3 is 6.03 Å². The predicted octanol–water partition coefficient (Wildman–Crippen LogP) is 3.44. The molecule has 2 aliphatic rings. The minimum absolute atomic E-state index is 0.207. The van der Waals surface area contributed by atoms with E-state index in [1.165, 1.54) is 28.3 Å². The van der Waals surface area contributed by atoms with E-state index in [2.05, 4.69) is 26.0 Å². The number of nitrogens with one attached hydrogen (secondary N) is 1. The largest absolute Gasteiger partial charge is 0.384 e. The second kappa shape index (κ2) is 7.89. The number of thiol groups is 1. The van der Waals surface area contributed by atoms with Crippen LogP contribution in [-0.4, -0.2) is 20.3 Å². The number of hydrogen-bond donors (Lipinski definition) is 4. The molecule has 4 N–H and O–H groups in total. The van der Waals surface area contributed by atoms with Gasteiger partial charge in [0.1, 0.15) is 5.60 Å². The lowest BCUT2D eigenvalue weighted by Gasteiger charge is -2.20. The van der Waals surface area contributed by atoms with Gasteiger partial charge in [-0.1, -0.05) is 15.7 Å². The van der Waals surface area contributed by atoms with Crippen molar-refractivity contribution in [2.24, 2.45) is 14.8 Å². The van der Waals surface area contributed by atoms with Crippen molar-refractivity contribution in [3.63, 3.8) is 0 Å². The fourth-order valence-corrected chi connectivity index (χ4v) is 5.60. The summed E-state index contributed by atoms with van der Waals surface area (Å²) in [5.41, 5.74) is 5.48. The number of anilines is 1. The standard InChI is InChI=1S/C22H29N5O3S/c1-13-18(10-11-19(24-13)22(2,3)29)31(23,30)27-26-21(28)25-20-16-8-4-6-14(16)12-15-7-5-9-17(15)20/h10-12,29,31H,4-9H2,1-3H3,(H2,23,30)(H,25,28)/b27-26+. The van der Waals surface area contributed by atoms with Crippen LogP contribution in [0.15, 0.2) is 32.7 Å². The van der Waals surface area contributed by atoms with Gasteiger partial charge in [0, 0.05) is 5.69 Å². The van der Waals surface area contributed by atoms with E-state index in [4.69, 9.17) is 5.14 Å². The van der Waals surface area contributed by atoms with Crippen LogP contribution in [0, 0.1) is 6.92 Å². The molecule has 8 nitrogen and oxygen atoms in total. The van der Waals surface area contributed by atoms with Crippen molar-refractivity contribution < 1.29 is 14.1 Å². The molecular weight excluding hydrogens is 414 g/mol. The number of carbonyl (C=O) groups excluding carboxylic acids is 1. The second-order valence-electron chi connectivity index (χ2n) is 8.84. The lowest BCUT2D eigenvalue weighted by Crippen LogP contribution is -2.24. The molecule has 1 heterocycles.